The van der Waals surface area contributed by atoms with Crippen molar-refractivity contribution in [1.82, 2.24) is 5.32 Å². The largest absolute Gasteiger partial charge is 0.478 e. The molecule has 214 valence electrons. The molecule has 0 fully saturated rings. The zero-order valence-corrected chi connectivity index (χ0v) is 23.5. The monoisotopic (exact) mass is 584 g/mol. The first-order valence-electron chi connectivity index (χ1n) is 13.4. The van der Waals surface area contributed by atoms with Gasteiger partial charge in [-0.25, -0.2) is 9.59 Å². The van der Waals surface area contributed by atoms with Gasteiger partial charge >= 0.3 is 12.1 Å². The molecule has 2 amide bonds. The highest BCUT2D eigenvalue weighted by atomic mass is 35.5. The summed E-state index contributed by atoms with van der Waals surface area (Å²) in [6.45, 7) is 1.90. The summed E-state index contributed by atoms with van der Waals surface area (Å²) in [5.74, 6) is -2.15. The summed E-state index contributed by atoms with van der Waals surface area (Å²) in [6.07, 6.45) is -1.62. The zero-order valence-electron chi connectivity index (χ0n) is 22.8. The number of carbonyl (C=O) groups excluding carboxylic acids is 2. The number of aromatic carboxylic acids is 1. The van der Waals surface area contributed by atoms with E-state index in [4.69, 9.17) is 21.1 Å². The van der Waals surface area contributed by atoms with Gasteiger partial charge in [-0.15, -0.1) is 0 Å². The predicted molar refractivity (Wildman–Crippen MR) is 160 cm³/mol. The van der Waals surface area contributed by atoms with Gasteiger partial charge in [0.25, 0.3) is 0 Å². The Bertz CT molecular complexity index is 1560. The molecule has 0 aromatic heterocycles. The molecule has 0 saturated carbocycles. The standard InChI is InChI=1S/C33H29ClN2O6/c1-20(41-18-21-10-3-2-4-11-21)30(31(37)35-28-17-9-16-27(34)29(28)32(38)39)36-33(40)42-19-26-24-14-7-5-12-22(24)23-13-6-8-15-25(23)26/h2-17,20,26,30H,18-19H2,1H3,(H,35,37)(H,36,40)(H,38,39)/t20-,30+/m0/s1. The number of carbonyl (C=O) groups is 3. The van der Waals surface area contributed by atoms with Gasteiger partial charge in [0.05, 0.1) is 23.4 Å². The summed E-state index contributed by atoms with van der Waals surface area (Å²) in [5.41, 5.74) is 4.92. The number of anilines is 1. The van der Waals surface area contributed by atoms with Crippen molar-refractivity contribution in [2.45, 2.75) is 31.6 Å². The molecule has 0 heterocycles. The number of amides is 2. The van der Waals surface area contributed by atoms with E-state index in [0.29, 0.717) is 0 Å². The van der Waals surface area contributed by atoms with E-state index in [1.165, 1.54) is 18.2 Å². The second-order valence-corrected chi connectivity index (χ2v) is 10.3. The fourth-order valence-electron chi connectivity index (χ4n) is 5.12. The second kappa shape index (κ2) is 12.9. The molecular formula is C33H29ClN2O6. The summed E-state index contributed by atoms with van der Waals surface area (Å²) in [5, 5.41) is 14.8. The molecule has 4 aromatic carbocycles. The minimum atomic E-state index is -1.30. The number of carboxylic acid groups (broad SMARTS) is 1. The highest BCUT2D eigenvalue weighted by Gasteiger charge is 2.32. The maximum atomic E-state index is 13.5. The molecule has 0 unspecified atom stereocenters. The van der Waals surface area contributed by atoms with Gasteiger partial charge in [-0.2, -0.15) is 0 Å². The number of hydrogen-bond donors (Lipinski definition) is 3. The van der Waals surface area contributed by atoms with E-state index in [2.05, 4.69) is 10.6 Å². The number of carboxylic acids is 1. The molecule has 0 aliphatic heterocycles. The number of nitrogens with one attached hydrogen (secondary N) is 2. The molecule has 2 atom stereocenters. The lowest BCUT2D eigenvalue weighted by Crippen LogP contribution is -2.51. The van der Waals surface area contributed by atoms with Gasteiger partial charge in [0.2, 0.25) is 5.91 Å². The maximum Gasteiger partial charge on any atom is 0.407 e. The quantitative estimate of drug-likeness (QED) is 0.196. The number of fused-ring (bicyclic) bond motifs is 3. The third-order valence-corrected chi connectivity index (χ3v) is 7.52. The normalized spacial score (nSPS) is 13.4. The Morgan fingerprint density at radius 2 is 1.48 bits per heavy atom. The van der Waals surface area contributed by atoms with Crippen molar-refractivity contribution < 1.29 is 29.0 Å². The third kappa shape index (κ3) is 6.30. The SMILES string of the molecule is C[C@H](OCc1ccccc1)[C@@H](NC(=O)OCC1c2ccccc2-c2ccccc21)C(=O)Nc1cccc(Cl)c1C(=O)O. The van der Waals surface area contributed by atoms with Crippen molar-refractivity contribution in [3.8, 4) is 11.1 Å². The molecule has 1 aliphatic carbocycles. The average Bonchev–Trinajstić information content (AvgIpc) is 3.31. The summed E-state index contributed by atoms with van der Waals surface area (Å²) < 4.78 is 11.6. The molecule has 3 N–H and O–H groups in total. The molecule has 0 radical (unpaired) electrons. The smallest absolute Gasteiger partial charge is 0.407 e. The van der Waals surface area contributed by atoms with Crippen LogP contribution in [0.25, 0.3) is 11.1 Å². The van der Waals surface area contributed by atoms with Gasteiger partial charge < -0.3 is 25.2 Å². The van der Waals surface area contributed by atoms with E-state index in [-0.39, 0.29) is 35.4 Å². The molecule has 9 heteroatoms. The van der Waals surface area contributed by atoms with Crippen LogP contribution < -0.4 is 10.6 Å². The maximum absolute atomic E-state index is 13.5. The van der Waals surface area contributed by atoms with Crippen LogP contribution in [0.1, 0.15) is 39.9 Å². The van der Waals surface area contributed by atoms with Crippen LogP contribution in [0.15, 0.2) is 97.1 Å². The van der Waals surface area contributed by atoms with E-state index >= 15 is 0 Å². The number of hydrogen-bond acceptors (Lipinski definition) is 5. The summed E-state index contributed by atoms with van der Waals surface area (Å²) in [6, 6.07) is 28.5. The van der Waals surface area contributed by atoms with Crippen molar-refractivity contribution in [2.75, 3.05) is 11.9 Å². The van der Waals surface area contributed by atoms with Crippen LogP contribution >= 0.6 is 11.6 Å². The Kier molecular flexibility index (Phi) is 8.85. The van der Waals surface area contributed by atoms with Crippen molar-refractivity contribution in [2.24, 2.45) is 0 Å². The number of rotatable bonds is 10. The zero-order chi connectivity index (χ0) is 29.6. The molecule has 42 heavy (non-hydrogen) atoms. The van der Waals surface area contributed by atoms with Gasteiger partial charge in [0.1, 0.15) is 18.2 Å². The van der Waals surface area contributed by atoms with E-state index in [1.807, 2.05) is 78.9 Å². The minimum Gasteiger partial charge on any atom is -0.478 e. The Morgan fingerprint density at radius 1 is 0.857 bits per heavy atom. The van der Waals surface area contributed by atoms with Crippen LogP contribution in [0, 0.1) is 0 Å². The third-order valence-electron chi connectivity index (χ3n) is 7.21. The molecule has 0 bridgehead atoms. The average molecular weight is 585 g/mol. The van der Waals surface area contributed by atoms with Gasteiger partial charge in [0.15, 0.2) is 0 Å². The highest BCUT2D eigenvalue weighted by molar-refractivity contribution is 6.34. The van der Waals surface area contributed by atoms with Crippen molar-refractivity contribution in [3.63, 3.8) is 0 Å². The lowest BCUT2D eigenvalue weighted by molar-refractivity contribution is -0.121. The van der Waals surface area contributed by atoms with Crippen LogP contribution in [0.5, 0.6) is 0 Å². The van der Waals surface area contributed by atoms with Crippen LogP contribution in [-0.4, -0.2) is 41.8 Å². The first-order valence-corrected chi connectivity index (χ1v) is 13.8. The lowest BCUT2D eigenvalue weighted by atomic mass is 9.98. The summed E-state index contributed by atoms with van der Waals surface area (Å²) in [7, 11) is 0. The molecule has 4 aromatic rings. The van der Waals surface area contributed by atoms with E-state index in [0.717, 1.165) is 27.8 Å². The van der Waals surface area contributed by atoms with Crippen LogP contribution in [0.4, 0.5) is 10.5 Å². The van der Waals surface area contributed by atoms with Crippen molar-refractivity contribution in [1.29, 1.82) is 0 Å². The van der Waals surface area contributed by atoms with E-state index < -0.39 is 30.1 Å². The predicted octanol–water partition coefficient (Wildman–Crippen LogP) is 6.49. The first kappa shape index (κ1) is 28.9. The number of ether oxygens (including phenoxy) is 2. The Balaban J connectivity index is 1.32. The highest BCUT2D eigenvalue weighted by Crippen LogP contribution is 2.44. The molecular weight excluding hydrogens is 556 g/mol. The topological polar surface area (TPSA) is 114 Å². The van der Waals surface area contributed by atoms with Crippen LogP contribution in [0.2, 0.25) is 5.02 Å². The van der Waals surface area contributed by atoms with Crippen molar-refractivity contribution >= 4 is 35.3 Å². The summed E-state index contributed by atoms with van der Waals surface area (Å²) in [4.78, 5) is 38.4. The van der Waals surface area contributed by atoms with Gasteiger partial charge in [0, 0.05) is 5.92 Å². The fraction of sp³-hybridized carbons (Fsp3) is 0.182. The van der Waals surface area contributed by atoms with Crippen LogP contribution in [-0.2, 0) is 20.9 Å². The second-order valence-electron chi connectivity index (χ2n) is 9.91. The Labute approximate surface area is 248 Å². The fourth-order valence-corrected chi connectivity index (χ4v) is 5.37. The van der Waals surface area contributed by atoms with Gasteiger partial charge in [-0.1, -0.05) is 96.5 Å². The number of benzene rings is 4. The molecule has 8 nitrogen and oxygen atoms in total. The van der Waals surface area contributed by atoms with Gasteiger partial charge in [-0.3, -0.25) is 4.79 Å². The summed E-state index contributed by atoms with van der Waals surface area (Å²) >= 11 is 6.08. The first-order chi connectivity index (χ1) is 20.3. The molecule has 0 spiro atoms. The number of halogens is 1. The number of alkyl carbamates (subject to hydrolysis) is 1. The molecule has 5 rings (SSSR count). The van der Waals surface area contributed by atoms with Crippen molar-refractivity contribution in [3.05, 3.63) is 124 Å². The molecule has 1 aliphatic rings. The van der Waals surface area contributed by atoms with Gasteiger partial charge in [-0.05, 0) is 46.9 Å². The minimum absolute atomic E-state index is 0.00500. The Hall–Kier alpha value is -4.66. The van der Waals surface area contributed by atoms with E-state index in [9.17, 15) is 19.5 Å². The Morgan fingerprint density at radius 3 is 2.12 bits per heavy atom. The lowest BCUT2D eigenvalue weighted by Gasteiger charge is -2.25. The van der Waals surface area contributed by atoms with Crippen LogP contribution in [0.3, 0.4) is 0 Å². The van der Waals surface area contributed by atoms with E-state index in [1.54, 1.807) is 6.92 Å². The molecule has 0 saturated heterocycles.